The molecular formula is C28H32F2N6O5. The van der Waals surface area contributed by atoms with Gasteiger partial charge in [0.1, 0.15) is 17.1 Å². The maximum atomic E-state index is 15.4. The van der Waals surface area contributed by atoms with Gasteiger partial charge in [-0.05, 0) is 46.2 Å². The van der Waals surface area contributed by atoms with Gasteiger partial charge in [-0.1, -0.05) is 19.4 Å². The van der Waals surface area contributed by atoms with E-state index in [2.05, 4.69) is 25.6 Å². The topological polar surface area (TPSA) is 139 Å². The van der Waals surface area contributed by atoms with Gasteiger partial charge in [0.05, 0.1) is 29.7 Å². The van der Waals surface area contributed by atoms with Gasteiger partial charge in [0.15, 0.2) is 5.82 Å². The monoisotopic (exact) mass is 570 g/mol. The normalized spacial score (nSPS) is 12.8. The summed E-state index contributed by atoms with van der Waals surface area (Å²) in [5.41, 5.74) is 0.191. The van der Waals surface area contributed by atoms with Crippen molar-refractivity contribution < 1.29 is 32.6 Å². The van der Waals surface area contributed by atoms with Crippen LogP contribution < -0.4 is 15.5 Å². The highest BCUT2D eigenvalue weighted by Crippen LogP contribution is 2.38. The van der Waals surface area contributed by atoms with Crippen LogP contribution in [-0.4, -0.2) is 51.8 Å². The standard InChI is InChI=1S/C28H32F2N6O5/c1-6-7-13-40-26(38)36(27(39)41-28(3,4)5)25-32-14-17(30)21(35-25)23-22(20-19(34-23)11-12-31-24(20)37)33-18-10-8-9-16(29)15(18)2/h8-10,14,33-34H,6-7,11-13H2,1-5H3,(H,31,37). The van der Waals surface area contributed by atoms with E-state index in [1.165, 1.54) is 12.1 Å². The smallest absolute Gasteiger partial charge is 0.427 e. The quantitative estimate of drug-likeness (QED) is 0.305. The molecule has 0 spiro atoms. The van der Waals surface area contributed by atoms with Crippen LogP contribution >= 0.6 is 0 Å². The number of aromatic amines is 1. The fourth-order valence-electron chi connectivity index (χ4n) is 4.11. The van der Waals surface area contributed by atoms with E-state index in [1.54, 1.807) is 33.8 Å². The Balaban J connectivity index is 1.84. The molecule has 218 valence electrons. The number of fused-ring (bicyclic) bond motifs is 1. The third kappa shape index (κ3) is 6.44. The van der Waals surface area contributed by atoms with Crippen LogP contribution in [0, 0.1) is 18.6 Å². The fourth-order valence-corrected chi connectivity index (χ4v) is 4.11. The lowest BCUT2D eigenvalue weighted by molar-refractivity contribution is 0.0564. The second kappa shape index (κ2) is 11.9. The molecule has 2 aromatic heterocycles. The molecule has 1 aliphatic heterocycles. The average molecular weight is 571 g/mol. The summed E-state index contributed by atoms with van der Waals surface area (Å²) in [5.74, 6) is -2.30. The Hall–Kier alpha value is -4.55. The molecule has 0 fully saturated rings. The molecule has 0 unspecified atom stereocenters. The summed E-state index contributed by atoms with van der Waals surface area (Å²) in [6, 6.07) is 4.40. The van der Waals surface area contributed by atoms with E-state index in [-0.39, 0.29) is 34.8 Å². The lowest BCUT2D eigenvalue weighted by Gasteiger charge is -2.24. The first-order valence-corrected chi connectivity index (χ1v) is 13.2. The Kier molecular flexibility index (Phi) is 8.55. The van der Waals surface area contributed by atoms with E-state index < -0.39 is 41.3 Å². The third-order valence-corrected chi connectivity index (χ3v) is 6.14. The third-order valence-electron chi connectivity index (χ3n) is 6.14. The molecule has 0 atom stereocenters. The molecule has 41 heavy (non-hydrogen) atoms. The minimum Gasteiger partial charge on any atom is -0.449 e. The van der Waals surface area contributed by atoms with Crippen molar-refractivity contribution in [2.45, 2.75) is 59.5 Å². The second-order valence-corrected chi connectivity index (χ2v) is 10.4. The van der Waals surface area contributed by atoms with Gasteiger partial charge in [0, 0.05) is 29.9 Å². The number of unbranched alkanes of at least 4 members (excludes halogenated alkanes) is 1. The number of aromatic nitrogens is 3. The summed E-state index contributed by atoms with van der Waals surface area (Å²) >= 11 is 0. The fraction of sp³-hybridized carbons (Fsp3) is 0.393. The molecule has 0 radical (unpaired) electrons. The zero-order valence-corrected chi connectivity index (χ0v) is 23.5. The molecule has 13 heteroatoms. The van der Waals surface area contributed by atoms with E-state index in [1.807, 2.05) is 6.92 Å². The van der Waals surface area contributed by atoms with Crippen LogP contribution in [0.3, 0.4) is 0 Å². The molecule has 3 N–H and O–H groups in total. The predicted octanol–water partition coefficient (Wildman–Crippen LogP) is 5.77. The van der Waals surface area contributed by atoms with Crippen molar-refractivity contribution >= 4 is 35.4 Å². The summed E-state index contributed by atoms with van der Waals surface area (Å²) in [6.07, 6.45) is 0.285. The van der Waals surface area contributed by atoms with E-state index in [0.29, 0.717) is 35.7 Å². The largest absolute Gasteiger partial charge is 0.449 e. The molecule has 11 nitrogen and oxygen atoms in total. The lowest BCUT2D eigenvalue weighted by Crippen LogP contribution is -2.42. The van der Waals surface area contributed by atoms with Gasteiger partial charge in [-0.3, -0.25) is 4.79 Å². The molecule has 3 aromatic rings. The van der Waals surface area contributed by atoms with Gasteiger partial charge in [0.25, 0.3) is 5.91 Å². The van der Waals surface area contributed by atoms with E-state index in [4.69, 9.17) is 9.47 Å². The number of carbonyl (C=O) groups is 3. The van der Waals surface area contributed by atoms with Crippen LogP contribution in [0.5, 0.6) is 0 Å². The number of anilines is 3. The van der Waals surface area contributed by atoms with Crippen LogP contribution in [0.2, 0.25) is 0 Å². The Morgan fingerprint density at radius 1 is 1.17 bits per heavy atom. The van der Waals surface area contributed by atoms with Crippen molar-refractivity contribution in [3.05, 3.63) is 52.9 Å². The summed E-state index contributed by atoms with van der Waals surface area (Å²) in [7, 11) is 0. The summed E-state index contributed by atoms with van der Waals surface area (Å²) in [6.45, 7) is 8.68. The van der Waals surface area contributed by atoms with Crippen LogP contribution in [0.4, 0.5) is 35.7 Å². The molecule has 1 aromatic carbocycles. The molecule has 4 rings (SSSR count). The molecule has 0 saturated heterocycles. The van der Waals surface area contributed by atoms with Gasteiger partial charge in [-0.2, -0.15) is 0 Å². The molecule has 0 aliphatic carbocycles. The maximum Gasteiger partial charge on any atom is 0.427 e. The first kappa shape index (κ1) is 29.4. The van der Waals surface area contributed by atoms with Crippen molar-refractivity contribution in [1.82, 2.24) is 20.3 Å². The van der Waals surface area contributed by atoms with Crippen molar-refractivity contribution in [2.24, 2.45) is 0 Å². The summed E-state index contributed by atoms with van der Waals surface area (Å²) in [4.78, 5) is 50.6. The minimum absolute atomic E-state index is 0.0300. The average Bonchev–Trinajstić information content (AvgIpc) is 3.26. The number of imide groups is 1. The van der Waals surface area contributed by atoms with Gasteiger partial charge in [0.2, 0.25) is 5.95 Å². The number of amides is 3. The highest BCUT2D eigenvalue weighted by Gasteiger charge is 2.34. The number of ether oxygens (including phenoxy) is 2. The van der Waals surface area contributed by atoms with Gasteiger partial charge in [-0.15, -0.1) is 4.90 Å². The number of nitrogens with zero attached hydrogens (tertiary/aromatic N) is 3. The minimum atomic E-state index is -1.12. The number of rotatable bonds is 7. The van der Waals surface area contributed by atoms with Gasteiger partial charge < -0.3 is 25.1 Å². The maximum absolute atomic E-state index is 15.4. The highest BCUT2D eigenvalue weighted by molar-refractivity contribution is 6.08. The molecule has 0 saturated carbocycles. The molecule has 3 amide bonds. The van der Waals surface area contributed by atoms with E-state index in [0.717, 1.165) is 12.6 Å². The Morgan fingerprint density at radius 2 is 1.93 bits per heavy atom. The predicted molar refractivity (Wildman–Crippen MR) is 147 cm³/mol. The lowest BCUT2D eigenvalue weighted by atomic mass is 10.1. The van der Waals surface area contributed by atoms with Crippen molar-refractivity contribution in [1.29, 1.82) is 0 Å². The van der Waals surface area contributed by atoms with Crippen LogP contribution in [0.1, 0.15) is 62.2 Å². The number of hydrogen-bond donors (Lipinski definition) is 3. The van der Waals surface area contributed by atoms with Gasteiger partial charge >= 0.3 is 12.2 Å². The number of carbonyl (C=O) groups excluding carboxylic acids is 3. The van der Waals surface area contributed by atoms with Crippen LogP contribution in [0.15, 0.2) is 24.4 Å². The van der Waals surface area contributed by atoms with Crippen LogP contribution in [-0.2, 0) is 15.9 Å². The zero-order chi connectivity index (χ0) is 29.9. The zero-order valence-electron chi connectivity index (χ0n) is 23.5. The number of halogens is 2. The Bertz CT molecular complexity index is 1480. The highest BCUT2D eigenvalue weighted by atomic mass is 19.1. The SMILES string of the molecule is CCCCOC(=O)N(C(=O)OC(C)(C)C)c1ncc(F)c(-c2[nH]c3c(c2Nc2cccc(F)c2C)C(=O)NCC3)n1. The molecule has 3 heterocycles. The Labute approximate surface area is 235 Å². The Morgan fingerprint density at radius 3 is 2.63 bits per heavy atom. The first-order valence-electron chi connectivity index (χ1n) is 13.2. The summed E-state index contributed by atoms with van der Waals surface area (Å²) < 4.78 is 40.3. The van der Waals surface area contributed by atoms with Gasteiger partial charge in [-0.25, -0.2) is 28.3 Å². The first-order chi connectivity index (χ1) is 19.4. The van der Waals surface area contributed by atoms with E-state index in [9.17, 15) is 18.8 Å². The van der Waals surface area contributed by atoms with Crippen molar-refractivity contribution in [2.75, 3.05) is 23.4 Å². The van der Waals surface area contributed by atoms with E-state index >= 15 is 4.39 Å². The number of nitrogens with one attached hydrogen (secondary N) is 3. The summed E-state index contributed by atoms with van der Waals surface area (Å²) in [5, 5.41) is 5.79. The van der Waals surface area contributed by atoms with Crippen LogP contribution in [0.25, 0.3) is 11.4 Å². The van der Waals surface area contributed by atoms with Crippen molar-refractivity contribution in [3.8, 4) is 11.4 Å². The molecular weight excluding hydrogens is 538 g/mol. The number of hydrogen-bond acceptors (Lipinski definition) is 8. The molecule has 0 bridgehead atoms. The van der Waals surface area contributed by atoms with Crippen molar-refractivity contribution in [3.63, 3.8) is 0 Å². The number of benzene rings is 1. The number of H-pyrrole nitrogens is 1. The molecule has 1 aliphatic rings. The second-order valence-electron chi connectivity index (χ2n) is 10.4.